The molecule has 124 valence electrons. The molecule has 0 amide bonds. The molecule has 1 saturated heterocycles. The summed E-state index contributed by atoms with van der Waals surface area (Å²) >= 11 is 0. The van der Waals surface area contributed by atoms with Crippen molar-refractivity contribution in [3.63, 3.8) is 0 Å². The van der Waals surface area contributed by atoms with E-state index >= 15 is 0 Å². The van der Waals surface area contributed by atoms with Gasteiger partial charge in [-0.25, -0.2) is 4.98 Å². The van der Waals surface area contributed by atoms with Crippen LogP contribution >= 0.6 is 0 Å². The van der Waals surface area contributed by atoms with Crippen LogP contribution in [0.3, 0.4) is 0 Å². The average molecular weight is 314 g/mol. The van der Waals surface area contributed by atoms with Crippen LogP contribution in [0.4, 0.5) is 5.82 Å². The monoisotopic (exact) mass is 314 g/mol. The summed E-state index contributed by atoms with van der Waals surface area (Å²) in [5.41, 5.74) is 0.953. The normalized spacial score (nSPS) is 18.3. The quantitative estimate of drug-likeness (QED) is 0.758. The number of anilines is 1. The summed E-state index contributed by atoms with van der Waals surface area (Å²) in [6, 6.07) is 10.4. The minimum Gasteiger partial charge on any atom is -0.494 e. The average Bonchev–Trinajstić information content (AvgIpc) is 2.61. The molecule has 0 bridgehead atoms. The van der Waals surface area contributed by atoms with Crippen LogP contribution in [0.5, 0.6) is 5.75 Å². The number of methoxy groups -OCH3 is 2. The maximum Gasteiger partial charge on any atom is 0.145 e. The fourth-order valence-corrected chi connectivity index (χ4v) is 3.48. The van der Waals surface area contributed by atoms with Gasteiger partial charge in [-0.15, -0.1) is 0 Å². The van der Waals surface area contributed by atoms with E-state index in [1.807, 2.05) is 12.1 Å². The van der Waals surface area contributed by atoms with Gasteiger partial charge in [0.25, 0.3) is 0 Å². The molecule has 1 aromatic carbocycles. The number of rotatable bonds is 6. The predicted molar refractivity (Wildman–Crippen MR) is 94.3 cm³/mol. The molecule has 1 atom stereocenters. The van der Waals surface area contributed by atoms with E-state index in [4.69, 9.17) is 14.5 Å². The molecule has 0 spiro atoms. The molecule has 3 rings (SSSR count). The Balaban J connectivity index is 1.76. The van der Waals surface area contributed by atoms with Gasteiger partial charge in [-0.1, -0.05) is 12.1 Å². The van der Waals surface area contributed by atoms with Crippen LogP contribution in [0.1, 0.15) is 25.7 Å². The second kappa shape index (κ2) is 7.64. The Morgan fingerprint density at radius 1 is 1.22 bits per heavy atom. The highest BCUT2D eigenvalue weighted by atomic mass is 16.5. The van der Waals surface area contributed by atoms with Crippen LogP contribution in [0, 0.1) is 5.92 Å². The Hall–Kier alpha value is -1.81. The summed E-state index contributed by atoms with van der Waals surface area (Å²) in [5.74, 6) is 2.66. The Morgan fingerprint density at radius 3 is 2.96 bits per heavy atom. The van der Waals surface area contributed by atoms with Gasteiger partial charge in [0, 0.05) is 32.2 Å². The summed E-state index contributed by atoms with van der Waals surface area (Å²) < 4.78 is 10.6. The highest BCUT2D eigenvalue weighted by Crippen LogP contribution is 2.29. The van der Waals surface area contributed by atoms with Crippen LogP contribution in [0.25, 0.3) is 10.9 Å². The minimum absolute atomic E-state index is 0.745. The van der Waals surface area contributed by atoms with E-state index < -0.39 is 0 Å². The lowest BCUT2D eigenvalue weighted by atomic mass is 9.93. The van der Waals surface area contributed by atoms with Crippen LogP contribution < -0.4 is 9.64 Å². The van der Waals surface area contributed by atoms with Gasteiger partial charge in [0.2, 0.25) is 0 Å². The smallest absolute Gasteiger partial charge is 0.145 e. The molecule has 4 nitrogen and oxygen atoms in total. The van der Waals surface area contributed by atoms with Gasteiger partial charge in [-0.05, 0) is 49.8 Å². The molecular weight excluding hydrogens is 288 g/mol. The SMILES string of the molecule is COCCC[C@H]1CCCN(c2ccc3cccc(OC)c3n2)C1. The highest BCUT2D eigenvalue weighted by molar-refractivity contribution is 5.85. The Bertz CT molecular complexity index is 644. The second-order valence-electron chi connectivity index (χ2n) is 6.29. The van der Waals surface area contributed by atoms with Gasteiger partial charge in [0.1, 0.15) is 17.1 Å². The molecule has 0 unspecified atom stereocenters. The molecule has 4 heteroatoms. The molecule has 0 saturated carbocycles. The zero-order valence-electron chi connectivity index (χ0n) is 14.1. The van der Waals surface area contributed by atoms with E-state index in [-0.39, 0.29) is 0 Å². The number of ether oxygens (including phenoxy) is 2. The molecule has 1 fully saturated rings. The third-order valence-corrected chi connectivity index (χ3v) is 4.69. The van der Waals surface area contributed by atoms with E-state index in [1.165, 1.54) is 19.3 Å². The number of hydrogen-bond donors (Lipinski definition) is 0. The van der Waals surface area contributed by atoms with Gasteiger partial charge < -0.3 is 14.4 Å². The van der Waals surface area contributed by atoms with Gasteiger partial charge >= 0.3 is 0 Å². The highest BCUT2D eigenvalue weighted by Gasteiger charge is 2.21. The first-order valence-corrected chi connectivity index (χ1v) is 8.49. The fraction of sp³-hybridized carbons (Fsp3) is 0.526. The molecule has 2 heterocycles. The molecular formula is C19H26N2O2. The van der Waals surface area contributed by atoms with Crippen LogP contribution in [-0.4, -0.2) is 38.9 Å². The molecule has 1 aromatic heterocycles. The minimum atomic E-state index is 0.745. The molecule has 0 aliphatic carbocycles. The Kier molecular flexibility index (Phi) is 5.34. The Morgan fingerprint density at radius 2 is 2.13 bits per heavy atom. The molecule has 23 heavy (non-hydrogen) atoms. The number of hydrogen-bond acceptors (Lipinski definition) is 4. The molecule has 1 aliphatic rings. The summed E-state index contributed by atoms with van der Waals surface area (Å²) in [6.07, 6.45) is 4.94. The Labute approximate surface area is 138 Å². The molecule has 0 radical (unpaired) electrons. The van der Waals surface area contributed by atoms with Crippen molar-refractivity contribution in [1.29, 1.82) is 0 Å². The van der Waals surface area contributed by atoms with Gasteiger partial charge in [0.05, 0.1) is 7.11 Å². The largest absolute Gasteiger partial charge is 0.494 e. The van der Waals surface area contributed by atoms with E-state index in [2.05, 4.69) is 23.1 Å². The summed E-state index contributed by atoms with van der Waals surface area (Å²) in [6.45, 7) is 3.05. The number of nitrogens with zero attached hydrogens (tertiary/aromatic N) is 2. The number of aromatic nitrogens is 1. The maximum absolute atomic E-state index is 5.46. The standard InChI is InChI=1S/C19H26N2O2/c1-22-13-5-7-15-6-4-12-21(14-15)18-11-10-16-8-3-9-17(23-2)19(16)20-18/h3,8-11,15H,4-7,12-14H2,1-2H3/t15-/m1/s1. The number of para-hydroxylation sites is 1. The maximum atomic E-state index is 5.46. The van der Waals surface area contributed by atoms with E-state index in [0.717, 1.165) is 54.5 Å². The summed E-state index contributed by atoms with van der Waals surface area (Å²) in [4.78, 5) is 7.30. The zero-order chi connectivity index (χ0) is 16.1. The summed E-state index contributed by atoms with van der Waals surface area (Å²) in [5, 5.41) is 1.13. The molecule has 0 N–H and O–H groups in total. The van der Waals surface area contributed by atoms with Crippen LogP contribution in [-0.2, 0) is 4.74 Å². The first kappa shape index (κ1) is 16.1. The van der Waals surface area contributed by atoms with Crippen molar-refractivity contribution in [3.8, 4) is 5.75 Å². The lowest BCUT2D eigenvalue weighted by molar-refractivity contribution is 0.184. The van der Waals surface area contributed by atoms with E-state index in [0.29, 0.717) is 0 Å². The van der Waals surface area contributed by atoms with Crippen LogP contribution in [0.2, 0.25) is 0 Å². The number of benzene rings is 1. The van der Waals surface area contributed by atoms with Gasteiger partial charge in [-0.2, -0.15) is 0 Å². The van der Waals surface area contributed by atoms with E-state index in [9.17, 15) is 0 Å². The van der Waals surface area contributed by atoms with Gasteiger partial charge in [0.15, 0.2) is 0 Å². The van der Waals surface area contributed by atoms with Crippen molar-refractivity contribution in [1.82, 2.24) is 4.98 Å². The van der Waals surface area contributed by atoms with Crippen molar-refractivity contribution >= 4 is 16.7 Å². The number of pyridine rings is 1. The number of fused-ring (bicyclic) bond motifs is 1. The number of piperidine rings is 1. The van der Waals surface area contributed by atoms with Gasteiger partial charge in [-0.3, -0.25) is 0 Å². The van der Waals surface area contributed by atoms with Crippen molar-refractivity contribution in [3.05, 3.63) is 30.3 Å². The molecule has 2 aromatic rings. The van der Waals surface area contributed by atoms with Crippen LogP contribution in [0.15, 0.2) is 30.3 Å². The zero-order valence-corrected chi connectivity index (χ0v) is 14.1. The second-order valence-corrected chi connectivity index (χ2v) is 6.29. The van der Waals surface area contributed by atoms with Crippen molar-refractivity contribution in [2.24, 2.45) is 5.92 Å². The lowest BCUT2D eigenvalue weighted by Crippen LogP contribution is -2.36. The van der Waals surface area contributed by atoms with E-state index in [1.54, 1.807) is 14.2 Å². The first-order chi connectivity index (χ1) is 11.3. The van der Waals surface area contributed by atoms with Crippen molar-refractivity contribution < 1.29 is 9.47 Å². The first-order valence-electron chi connectivity index (χ1n) is 8.49. The lowest BCUT2D eigenvalue weighted by Gasteiger charge is -2.33. The summed E-state index contributed by atoms with van der Waals surface area (Å²) in [7, 11) is 3.48. The predicted octanol–water partition coefficient (Wildman–Crippen LogP) is 3.89. The topological polar surface area (TPSA) is 34.6 Å². The third-order valence-electron chi connectivity index (χ3n) is 4.69. The fourth-order valence-electron chi connectivity index (χ4n) is 3.48. The third kappa shape index (κ3) is 3.75. The molecule has 1 aliphatic heterocycles. The van der Waals surface area contributed by atoms with Crippen molar-refractivity contribution in [2.75, 3.05) is 38.8 Å². The van der Waals surface area contributed by atoms with Crippen molar-refractivity contribution in [2.45, 2.75) is 25.7 Å².